The first-order valence-corrected chi connectivity index (χ1v) is 11.2. The van der Waals surface area contributed by atoms with Gasteiger partial charge in [-0.25, -0.2) is 15.0 Å². The highest BCUT2D eigenvalue weighted by Gasteiger charge is 2.12. The van der Waals surface area contributed by atoms with Gasteiger partial charge in [0.05, 0.1) is 12.1 Å². The number of hydrogen-bond donors (Lipinski definition) is 3. The zero-order valence-electron chi connectivity index (χ0n) is 19.7. The minimum Gasteiger partial charge on any atom is -0.404 e. The topological polar surface area (TPSA) is 132 Å². The Hall–Kier alpha value is -4.59. The summed E-state index contributed by atoms with van der Waals surface area (Å²) in [4.78, 5) is 30.0. The van der Waals surface area contributed by atoms with Gasteiger partial charge in [0, 0.05) is 54.1 Å². The van der Waals surface area contributed by atoms with Gasteiger partial charge in [0.25, 0.3) is 5.91 Å². The van der Waals surface area contributed by atoms with E-state index in [1.54, 1.807) is 18.6 Å². The molecular weight excluding hydrogens is 438 g/mol. The number of carbonyl (C=O) groups is 1. The van der Waals surface area contributed by atoms with E-state index in [1.165, 1.54) is 12.4 Å². The lowest BCUT2D eigenvalue weighted by atomic mass is 9.96. The molecule has 2 heterocycles. The number of aliphatic imine (C=N–C) groups is 1. The monoisotopic (exact) mass is 465 g/mol. The van der Waals surface area contributed by atoms with E-state index in [1.807, 2.05) is 56.3 Å². The fourth-order valence-corrected chi connectivity index (χ4v) is 3.87. The fourth-order valence-electron chi connectivity index (χ4n) is 3.87. The largest absolute Gasteiger partial charge is 0.404 e. The third-order valence-electron chi connectivity index (χ3n) is 5.82. The molecule has 0 spiro atoms. The van der Waals surface area contributed by atoms with Crippen LogP contribution in [-0.4, -0.2) is 27.1 Å². The SMILES string of the molecule is Cc1cc2c(N)nccc2c(C)c1CNC(=O)/C(C=NCc1cnc(-c2ccccc2)nc1)=C/N. The zero-order chi connectivity index (χ0) is 24.8. The zero-order valence-corrected chi connectivity index (χ0v) is 19.7. The summed E-state index contributed by atoms with van der Waals surface area (Å²) in [5, 5.41) is 4.86. The Bertz CT molecular complexity index is 1410. The molecule has 2 aromatic carbocycles. The second-order valence-corrected chi connectivity index (χ2v) is 8.14. The van der Waals surface area contributed by atoms with Crippen LogP contribution in [0.4, 0.5) is 5.82 Å². The number of anilines is 1. The molecule has 176 valence electrons. The van der Waals surface area contributed by atoms with Gasteiger partial charge in [-0.1, -0.05) is 30.3 Å². The van der Waals surface area contributed by atoms with Crippen LogP contribution in [0.1, 0.15) is 22.3 Å². The number of aryl methyl sites for hydroxylation is 2. The van der Waals surface area contributed by atoms with E-state index in [4.69, 9.17) is 11.5 Å². The lowest BCUT2D eigenvalue weighted by Crippen LogP contribution is -2.26. The molecule has 0 bridgehead atoms. The Morgan fingerprint density at radius 1 is 1.06 bits per heavy atom. The number of hydrogen-bond acceptors (Lipinski definition) is 7. The van der Waals surface area contributed by atoms with Crippen molar-refractivity contribution < 1.29 is 4.79 Å². The molecule has 8 heteroatoms. The van der Waals surface area contributed by atoms with Crippen molar-refractivity contribution in [3.8, 4) is 11.4 Å². The minimum absolute atomic E-state index is 0.274. The van der Waals surface area contributed by atoms with Gasteiger partial charge in [0.15, 0.2) is 5.82 Å². The maximum Gasteiger partial charge on any atom is 0.254 e. The van der Waals surface area contributed by atoms with Crippen LogP contribution in [0.25, 0.3) is 22.2 Å². The second kappa shape index (κ2) is 10.6. The number of fused-ring (bicyclic) bond motifs is 1. The van der Waals surface area contributed by atoms with E-state index >= 15 is 0 Å². The molecule has 0 atom stereocenters. The highest BCUT2D eigenvalue weighted by molar-refractivity contribution is 6.12. The van der Waals surface area contributed by atoms with Crippen molar-refractivity contribution >= 4 is 28.7 Å². The summed E-state index contributed by atoms with van der Waals surface area (Å²) in [6.07, 6.45) is 7.86. The van der Waals surface area contributed by atoms with Crippen LogP contribution >= 0.6 is 0 Å². The van der Waals surface area contributed by atoms with Gasteiger partial charge in [-0.3, -0.25) is 9.79 Å². The quantitative estimate of drug-likeness (QED) is 0.282. The second-order valence-electron chi connectivity index (χ2n) is 8.14. The molecule has 0 saturated heterocycles. The van der Waals surface area contributed by atoms with Gasteiger partial charge in [-0.2, -0.15) is 0 Å². The lowest BCUT2D eigenvalue weighted by Gasteiger charge is -2.15. The van der Waals surface area contributed by atoms with E-state index in [9.17, 15) is 4.79 Å². The molecular formula is C27H27N7O. The molecule has 2 aromatic heterocycles. The first-order chi connectivity index (χ1) is 17.0. The van der Waals surface area contributed by atoms with Gasteiger partial charge in [0.1, 0.15) is 5.82 Å². The number of nitrogen functional groups attached to an aromatic ring is 1. The van der Waals surface area contributed by atoms with Gasteiger partial charge < -0.3 is 16.8 Å². The third kappa shape index (κ3) is 5.33. The highest BCUT2D eigenvalue weighted by Crippen LogP contribution is 2.27. The fraction of sp³-hybridized carbons (Fsp3) is 0.148. The van der Waals surface area contributed by atoms with Gasteiger partial charge in [-0.15, -0.1) is 0 Å². The molecule has 4 aromatic rings. The summed E-state index contributed by atoms with van der Waals surface area (Å²) in [6.45, 7) is 4.70. The van der Waals surface area contributed by atoms with Crippen molar-refractivity contribution in [3.63, 3.8) is 0 Å². The van der Waals surface area contributed by atoms with Crippen molar-refractivity contribution in [2.75, 3.05) is 5.73 Å². The Labute approximate surface area is 203 Å². The standard InChI is InChI=1S/C27H27N7O/c1-17-10-23-22(8-9-31-25(23)29)18(2)24(17)16-34-27(35)21(11-28)15-30-12-19-13-32-26(33-14-19)20-6-4-3-5-7-20/h3-11,13-15H,12,16,28H2,1-2H3,(H2,29,31)(H,34,35)/b21-11+,30-15?. The Morgan fingerprint density at radius 2 is 1.80 bits per heavy atom. The molecule has 0 aliphatic carbocycles. The Morgan fingerprint density at radius 3 is 2.51 bits per heavy atom. The number of pyridine rings is 1. The molecule has 8 nitrogen and oxygen atoms in total. The average molecular weight is 466 g/mol. The van der Waals surface area contributed by atoms with Crippen LogP contribution in [0, 0.1) is 13.8 Å². The molecule has 0 aliphatic heterocycles. The number of benzene rings is 2. The summed E-state index contributed by atoms with van der Waals surface area (Å²) < 4.78 is 0. The van der Waals surface area contributed by atoms with Crippen LogP contribution in [0.2, 0.25) is 0 Å². The van der Waals surface area contributed by atoms with Crippen LogP contribution in [0.15, 0.2) is 77.8 Å². The summed E-state index contributed by atoms with van der Waals surface area (Å²) in [5.41, 5.74) is 16.9. The molecule has 5 N–H and O–H groups in total. The molecule has 0 radical (unpaired) electrons. The Kier molecular flexibility index (Phi) is 7.11. The maximum absolute atomic E-state index is 12.7. The van der Waals surface area contributed by atoms with Crippen LogP contribution in [0.3, 0.4) is 0 Å². The summed E-state index contributed by atoms with van der Waals surface area (Å²) in [7, 11) is 0. The van der Waals surface area contributed by atoms with Crippen molar-refractivity contribution in [2.45, 2.75) is 26.9 Å². The number of aromatic nitrogens is 3. The van der Waals surface area contributed by atoms with Gasteiger partial charge in [-0.05, 0) is 48.1 Å². The summed E-state index contributed by atoms with van der Waals surface area (Å²) >= 11 is 0. The van der Waals surface area contributed by atoms with Crippen molar-refractivity contribution in [1.29, 1.82) is 0 Å². The summed E-state index contributed by atoms with van der Waals surface area (Å²) in [5.74, 6) is 0.840. The van der Waals surface area contributed by atoms with E-state index < -0.39 is 0 Å². The van der Waals surface area contributed by atoms with E-state index in [0.717, 1.165) is 38.6 Å². The molecule has 0 aliphatic rings. The van der Waals surface area contributed by atoms with Crippen LogP contribution < -0.4 is 16.8 Å². The molecule has 0 unspecified atom stereocenters. The average Bonchev–Trinajstić information content (AvgIpc) is 2.88. The first-order valence-electron chi connectivity index (χ1n) is 11.2. The number of rotatable bonds is 7. The number of nitrogens with zero attached hydrogens (tertiary/aromatic N) is 4. The maximum atomic E-state index is 12.7. The van der Waals surface area contributed by atoms with E-state index in [0.29, 0.717) is 24.7 Å². The van der Waals surface area contributed by atoms with Crippen molar-refractivity contribution in [3.05, 3.63) is 95.1 Å². The predicted molar refractivity (Wildman–Crippen MR) is 139 cm³/mol. The normalized spacial score (nSPS) is 11.8. The smallest absolute Gasteiger partial charge is 0.254 e. The first kappa shape index (κ1) is 23.6. The van der Waals surface area contributed by atoms with Crippen molar-refractivity contribution in [1.82, 2.24) is 20.3 Å². The predicted octanol–water partition coefficient (Wildman–Crippen LogP) is 3.62. The molecule has 0 saturated carbocycles. The van der Waals surface area contributed by atoms with Crippen molar-refractivity contribution in [2.24, 2.45) is 10.7 Å². The highest BCUT2D eigenvalue weighted by atomic mass is 16.1. The Balaban J connectivity index is 1.39. The number of amides is 1. The number of nitrogens with two attached hydrogens (primary N) is 2. The lowest BCUT2D eigenvalue weighted by molar-refractivity contribution is -0.117. The third-order valence-corrected chi connectivity index (χ3v) is 5.82. The summed E-state index contributed by atoms with van der Waals surface area (Å²) in [6, 6.07) is 13.7. The minimum atomic E-state index is -0.305. The molecule has 0 fully saturated rings. The van der Waals surface area contributed by atoms with Gasteiger partial charge in [0.2, 0.25) is 0 Å². The molecule has 4 rings (SSSR count). The molecule has 1 amide bonds. The van der Waals surface area contributed by atoms with Crippen LogP contribution in [0.5, 0.6) is 0 Å². The van der Waals surface area contributed by atoms with Crippen LogP contribution in [-0.2, 0) is 17.9 Å². The van der Waals surface area contributed by atoms with E-state index in [2.05, 4.69) is 25.3 Å². The number of carbonyl (C=O) groups excluding carboxylic acids is 1. The number of nitrogens with one attached hydrogen (secondary N) is 1. The van der Waals surface area contributed by atoms with Gasteiger partial charge >= 0.3 is 0 Å². The molecule has 35 heavy (non-hydrogen) atoms. The van der Waals surface area contributed by atoms with E-state index in [-0.39, 0.29) is 11.5 Å².